The smallest absolute Gasteiger partial charge is 0.254 e. The maximum atomic E-state index is 12.9. The molecule has 1 saturated heterocycles. The van der Waals surface area contributed by atoms with Crippen LogP contribution < -0.4 is 9.64 Å². The van der Waals surface area contributed by atoms with E-state index >= 15 is 0 Å². The number of benzene rings is 2. The zero-order valence-corrected chi connectivity index (χ0v) is 18.4. The van der Waals surface area contributed by atoms with E-state index in [2.05, 4.69) is 18.0 Å². The minimum atomic E-state index is 0.0342. The number of nitriles is 1. The standard InChI is InChI=1S/C25H26N4O3/c1-3-16-31-20-10-8-19(9-11-20)23-27-22(17-26)25(32-23)29-14-12-28(13-15-29)24(30)21-7-5-4-6-18(21)2/h4-11H,3,12-16H2,1-2H3. The van der Waals surface area contributed by atoms with Crippen LogP contribution in [0.25, 0.3) is 11.5 Å². The van der Waals surface area contributed by atoms with Gasteiger partial charge in [0.05, 0.1) is 6.61 Å². The molecule has 1 aromatic heterocycles. The summed E-state index contributed by atoms with van der Waals surface area (Å²) >= 11 is 0. The first kappa shape index (κ1) is 21.4. The Kier molecular flexibility index (Phi) is 6.41. The lowest BCUT2D eigenvalue weighted by molar-refractivity contribution is 0.0744. The Morgan fingerprint density at radius 1 is 1.12 bits per heavy atom. The van der Waals surface area contributed by atoms with Gasteiger partial charge in [-0.05, 0) is 49.2 Å². The Balaban J connectivity index is 1.46. The molecule has 1 fully saturated rings. The second-order valence-corrected chi connectivity index (χ2v) is 7.75. The summed E-state index contributed by atoms with van der Waals surface area (Å²) in [5.74, 6) is 1.68. The lowest BCUT2D eigenvalue weighted by atomic mass is 10.1. The van der Waals surface area contributed by atoms with Crippen LogP contribution in [0.1, 0.15) is 35.0 Å². The Morgan fingerprint density at radius 2 is 1.84 bits per heavy atom. The summed E-state index contributed by atoms with van der Waals surface area (Å²) < 4.78 is 11.6. The van der Waals surface area contributed by atoms with Gasteiger partial charge in [0.1, 0.15) is 11.8 Å². The molecule has 164 valence electrons. The number of rotatable bonds is 6. The van der Waals surface area contributed by atoms with Gasteiger partial charge in [0.15, 0.2) is 0 Å². The summed E-state index contributed by atoms with van der Waals surface area (Å²) in [5, 5.41) is 9.59. The molecule has 7 heteroatoms. The molecular formula is C25H26N4O3. The van der Waals surface area contributed by atoms with Crippen LogP contribution in [-0.2, 0) is 0 Å². The number of carbonyl (C=O) groups excluding carboxylic acids is 1. The van der Waals surface area contributed by atoms with Crippen molar-refractivity contribution < 1.29 is 13.9 Å². The van der Waals surface area contributed by atoms with Crippen LogP contribution in [-0.4, -0.2) is 48.6 Å². The van der Waals surface area contributed by atoms with E-state index in [1.54, 1.807) is 0 Å². The van der Waals surface area contributed by atoms with Crippen LogP contribution in [0.5, 0.6) is 5.75 Å². The third-order valence-corrected chi connectivity index (χ3v) is 5.52. The van der Waals surface area contributed by atoms with Crippen molar-refractivity contribution in [3.8, 4) is 23.3 Å². The van der Waals surface area contributed by atoms with E-state index in [1.807, 2.05) is 65.3 Å². The van der Waals surface area contributed by atoms with Gasteiger partial charge in [-0.25, -0.2) is 0 Å². The highest BCUT2D eigenvalue weighted by molar-refractivity contribution is 5.95. The van der Waals surface area contributed by atoms with E-state index < -0.39 is 0 Å². The molecule has 1 aliphatic heterocycles. The Bertz CT molecular complexity index is 1120. The lowest BCUT2D eigenvalue weighted by Gasteiger charge is -2.34. The van der Waals surface area contributed by atoms with Gasteiger partial charge in [-0.3, -0.25) is 4.79 Å². The van der Waals surface area contributed by atoms with E-state index in [9.17, 15) is 10.1 Å². The molecule has 0 unspecified atom stereocenters. The summed E-state index contributed by atoms with van der Waals surface area (Å²) in [6.45, 7) is 6.93. The van der Waals surface area contributed by atoms with E-state index in [4.69, 9.17) is 9.15 Å². The van der Waals surface area contributed by atoms with E-state index in [0.29, 0.717) is 44.6 Å². The van der Waals surface area contributed by atoms with Crippen LogP contribution in [0.2, 0.25) is 0 Å². The molecule has 2 aromatic carbocycles. The highest BCUT2D eigenvalue weighted by atomic mass is 16.5. The number of nitrogens with zero attached hydrogens (tertiary/aromatic N) is 4. The number of aryl methyl sites for hydroxylation is 1. The Morgan fingerprint density at radius 3 is 2.50 bits per heavy atom. The van der Waals surface area contributed by atoms with Crippen molar-refractivity contribution in [1.29, 1.82) is 5.26 Å². The molecule has 7 nitrogen and oxygen atoms in total. The monoisotopic (exact) mass is 430 g/mol. The highest BCUT2D eigenvalue weighted by Crippen LogP contribution is 2.30. The van der Waals surface area contributed by atoms with Gasteiger partial charge in [0.25, 0.3) is 5.91 Å². The number of hydrogen-bond donors (Lipinski definition) is 0. The molecule has 0 N–H and O–H groups in total. The fourth-order valence-electron chi connectivity index (χ4n) is 3.73. The number of carbonyl (C=O) groups is 1. The third kappa shape index (κ3) is 4.45. The van der Waals surface area contributed by atoms with Crippen molar-refractivity contribution >= 4 is 11.8 Å². The first-order valence-corrected chi connectivity index (χ1v) is 10.8. The number of amides is 1. The summed E-state index contributed by atoms with van der Waals surface area (Å²) in [4.78, 5) is 21.1. The molecule has 4 rings (SSSR count). The summed E-state index contributed by atoms with van der Waals surface area (Å²) in [5.41, 5.74) is 2.74. The fraction of sp³-hybridized carbons (Fsp3) is 0.320. The van der Waals surface area contributed by atoms with Crippen LogP contribution in [0.15, 0.2) is 52.9 Å². The molecule has 0 radical (unpaired) electrons. The largest absolute Gasteiger partial charge is 0.494 e. The quantitative estimate of drug-likeness (QED) is 0.581. The van der Waals surface area contributed by atoms with Gasteiger partial charge >= 0.3 is 0 Å². The van der Waals surface area contributed by atoms with Crippen molar-refractivity contribution in [3.63, 3.8) is 0 Å². The third-order valence-electron chi connectivity index (χ3n) is 5.52. The minimum Gasteiger partial charge on any atom is -0.494 e. The summed E-state index contributed by atoms with van der Waals surface area (Å²) in [6, 6.07) is 17.3. The number of ether oxygens (including phenoxy) is 1. The van der Waals surface area contributed by atoms with E-state index in [0.717, 1.165) is 28.9 Å². The number of hydrogen-bond acceptors (Lipinski definition) is 6. The molecule has 3 aromatic rings. The van der Waals surface area contributed by atoms with E-state index in [1.165, 1.54) is 0 Å². The van der Waals surface area contributed by atoms with Crippen LogP contribution in [0, 0.1) is 18.3 Å². The zero-order valence-electron chi connectivity index (χ0n) is 18.4. The normalized spacial score (nSPS) is 13.7. The predicted octanol–water partition coefficient (Wildman–Crippen LogP) is 4.27. The maximum Gasteiger partial charge on any atom is 0.254 e. The Hall–Kier alpha value is -3.79. The van der Waals surface area contributed by atoms with Gasteiger partial charge in [-0.2, -0.15) is 10.2 Å². The first-order valence-electron chi connectivity index (χ1n) is 10.8. The molecule has 32 heavy (non-hydrogen) atoms. The fourth-order valence-corrected chi connectivity index (χ4v) is 3.73. The maximum absolute atomic E-state index is 12.9. The van der Waals surface area contributed by atoms with Gasteiger partial charge in [-0.1, -0.05) is 25.1 Å². The highest BCUT2D eigenvalue weighted by Gasteiger charge is 2.27. The second kappa shape index (κ2) is 9.56. The molecule has 0 aliphatic carbocycles. The number of oxazole rings is 1. The van der Waals surface area contributed by atoms with Gasteiger partial charge < -0.3 is 19.0 Å². The van der Waals surface area contributed by atoms with Crippen LogP contribution >= 0.6 is 0 Å². The summed E-state index contributed by atoms with van der Waals surface area (Å²) in [6.07, 6.45) is 0.945. The second-order valence-electron chi connectivity index (χ2n) is 7.75. The molecule has 1 amide bonds. The van der Waals surface area contributed by atoms with Gasteiger partial charge in [0, 0.05) is 37.3 Å². The molecule has 0 saturated carbocycles. The van der Waals surface area contributed by atoms with Crippen LogP contribution in [0.4, 0.5) is 5.88 Å². The van der Waals surface area contributed by atoms with Crippen molar-refractivity contribution in [2.45, 2.75) is 20.3 Å². The van der Waals surface area contributed by atoms with Crippen molar-refractivity contribution in [3.05, 3.63) is 65.4 Å². The van der Waals surface area contributed by atoms with Crippen molar-refractivity contribution in [1.82, 2.24) is 9.88 Å². The molecule has 0 bridgehead atoms. The molecular weight excluding hydrogens is 404 g/mol. The lowest BCUT2D eigenvalue weighted by Crippen LogP contribution is -2.49. The topological polar surface area (TPSA) is 82.6 Å². The molecule has 2 heterocycles. The summed E-state index contributed by atoms with van der Waals surface area (Å²) in [7, 11) is 0. The minimum absolute atomic E-state index is 0.0342. The van der Waals surface area contributed by atoms with Crippen molar-refractivity contribution in [2.75, 3.05) is 37.7 Å². The molecule has 0 atom stereocenters. The predicted molar refractivity (Wildman–Crippen MR) is 122 cm³/mol. The van der Waals surface area contributed by atoms with Crippen LogP contribution in [0.3, 0.4) is 0 Å². The zero-order chi connectivity index (χ0) is 22.5. The number of piperazine rings is 1. The van der Waals surface area contributed by atoms with Gasteiger partial charge in [-0.15, -0.1) is 0 Å². The first-order chi connectivity index (χ1) is 15.6. The average molecular weight is 431 g/mol. The number of aromatic nitrogens is 1. The van der Waals surface area contributed by atoms with Gasteiger partial charge in [0.2, 0.25) is 17.5 Å². The SMILES string of the molecule is CCCOc1ccc(-c2nc(C#N)c(N3CCN(C(=O)c4ccccc4C)CC3)o2)cc1. The molecule has 0 spiro atoms. The van der Waals surface area contributed by atoms with Crippen molar-refractivity contribution in [2.24, 2.45) is 0 Å². The number of anilines is 1. The Labute approximate surface area is 187 Å². The van der Waals surface area contributed by atoms with E-state index in [-0.39, 0.29) is 11.6 Å². The average Bonchev–Trinajstić information content (AvgIpc) is 3.27. The molecule has 1 aliphatic rings.